The molecule has 2 aromatic carbocycles. The molecule has 1 unspecified atom stereocenters. The van der Waals surface area contributed by atoms with Crippen LogP contribution in [0.4, 0.5) is 0 Å². The number of nitrogens with zero attached hydrogens (tertiary/aromatic N) is 1. The first-order valence-corrected chi connectivity index (χ1v) is 12.2. The fourth-order valence-corrected chi connectivity index (χ4v) is 4.27. The highest BCUT2D eigenvalue weighted by Gasteiger charge is 2.15. The number of carbonyl (C=O) groups is 1. The van der Waals surface area contributed by atoms with Crippen LogP contribution >= 0.6 is 0 Å². The molecule has 0 saturated heterocycles. The second-order valence-electron chi connectivity index (χ2n) is 9.08. The quantitative estimate of drug-likeness (QED) is 0.298. The van der Waals surface area contributed by atoms with Crippen molar-refractivity contribution in [3.05, 3.63) is 65.9 Å². The van der Waals surface area contributed by atoms with Crippen molar-refractivity contribution in [3.8, 4) is 11.1 Å². The summed E-state index contributed by atoms with van der Waals surface area (Å²) in [6, 6.07) is 16.8. The van der Waals surface area contributed by atoms with Crippen molar-refractivity contribution in [3.63, 3.8) is 0 Å². The van der Waals surface area contributed by atoms with Gasteiger partial charge in [0, 0.05) is 31.0 Å². The van der Waals surface area contributed by atoms with E-state index in [0.29, 0.717) is 24.5 Å². The Morgan fingerprint density at radius 1 is 1.03 bits per heavy atom. The summed E-state index contributed by atoms with van der Waals surface area (Å²) in [6.07, 6.45) is 10.7. The van der Waals surface area contributed by atoms with Crippen molar-refractivity contribution < 1.29 is 9.90 Å². The fraction of sp³-hybridized carbons (Fsp3) is 0.448. The molecule has 0 bridgehead atoms. The number of ketones is 1. The van der Waals surface area contributed by atoms with Gasteiger partial charge in [0.2, 0.25) is 0 Å². The number of carbonyl (C=O) groups excluding carboxylic acids is 1. The Morgan fingerprint density at radius 2 is 1.84 bits per heavy atom. The average Bonchev–Trinajstić information content (AvgIpc) is 2.82. The number of aryl methyl sites for hydroxylation is 1. The van der Waals surface area contributed by atoms with Crippen LogP contribution in [0.25, 0.3) is 22.0 Å². The molecule has 1 aromatic heterocycles. The Labute approximate surface area is 192 Å². The molecule has 3 aromatic rings. The average molecular weight is 432 g/mol. The van der Waals surface area contributed by atoms with E-state index in [1.165, 1.54) is 24.8 Å². The molecule has 0 aliphatic rings. The minimum atomic E-state index is 0.222. The van der Waals surface area contributed by atoms with Gasteiger partial charge in [-0.25, -0.2) is 0 Å². The van der Waals surface area contributed by atoms with E-state index in [1.54, 1.807) is 0 Å². The van der Waals surface area contributed by atoms with Gasteiger partial charge in [0.05, 0.1) is 5.52 Å². The Balaban J connectivity index is 1.86. The summed E-state index contributed by atoms with van der Waals surface area (Å²) < 4.78 is 0. The first-order valence-electron chi connectivity index (χ1n) is 12.2. The van der Waals surface area contributed by atoms with Crippen LogP contribution in [0.2, 0.25) is 0 Å². The minimum absolute atomic E-state index is 0.222. The van der Waals surface area contributed by atoms with Crippen LogP contribution in [0.1, 0.15) is 69.9 Å². The van der Waals surface area contributed by atoms with Gasteiger partial charge < -0.3 is 5.11 Å². The van der Waals surface area contributed by atoms with E-state index < -0.39 is 0 Å². The van der Waals surface area contributed by atoms with E-state index in [1.807, 2.05) is 24.4 Å². The molecule has 3 nitrogen and oxygen atoms in total. The van der Waals surface area contributed by atoms with Crippen LogP contribution in [0.5, 0.6) is 0 Å². The zero-order valence-corrected chi connectivity index (χ0v) is 19.6. The molecule has 32 heavy (non-hydrogen) atoms. The number of benzene rings is 2. The number of unbranched alkanes of at least 4 members (excludes halogenated alkanes) is 4. The molecular formula is C29H37NO2. The number of aliphatic hydroxyl groups excluding tert-OH is 1. The van der Waals surface area contributed by atoms with Gasteiger partial charge in [0.15, 0.2) is 0 Å². The molecule has 1 heterocycles. The van der Waals surface area contributed by atoms with Gasteiger partial charge in [-0.15, -0.1) is 0 Å². The lowest BCUT2D eigenvalue weighted by Gasteiger charge is -2.14. The maximum Gasteiger partial charge on any atom is 0.137 e. The van der Waals surface area contributed by atoms with Gasteiger partial charge in [0.25, 0.3) is 0 Å². The predicted octanol–water partition coefficient (Wildman–Crippen LogP) is 6.93. The summed E-state index contributed by atoms with van der Waals surface area (Å²) in [6.45, 7) is 4.51. The van der Waals surface area contributed by atoms with Crippen LogP contribution in [0, 0.1) is 5.92 Å². The van der Waals surface area contributed by atoms with Gasteiger partial charge in [0.1, 0.15) is 5.78 Å². The van der Waals surface area contributed by atoms with E-state index >= 15 is 0 Å². The molecule has 0 fully saturated rings. The zero-order valence-electron chi connectivity index (χ0n) is 19.6. The first kappa shape index (κ1) is 24.1. The number of hydrogen-bond acceptors (Lipinski definition) is 3. The van der Waals surface area contributed by atoms with Crippen molar-refractivity contribution >= 4 is 16.7 Å². The molecule has 170 valence electrons. The van der Waals surface area contributed by atoms with E-state index in [0.717, 1.165) is 53.3 Å². The third-order valence-corrected chi connectivity index (χ3v) is 6.25. The van der Waals surface area contributed by atoms with Gasteiger partial charge >= 0.3 is 0 Å². The standard InChI is InChI=1S/C29H37NO2/c1-3-4-5-6-7-13-26(32)19-25-20-30-28-15-9-8-14-27(28)29(25)24-12-10-11-23(18-24)17-16-22(2)21-31/h8-12,14-15,18,20,22,31H,3-7,13,16-17,19,21H2,1-2H3. The van der Waals surface area contributed by atoms with Crippen LogP contribution in [0.15, 0.2) is 54.7 Å². The largest absolute Gasteiger partial charge is 0.396 e. The molecule has 0 aliphatic heterocycles. The zero-order chi connectivity index (χ0) is 22.8. The molecule has 0 spiro atoms. The van der Waals surface area contributed by atoms with Crippen LogP contribution in [-0.4, -0.2) is 22.5 Å². The maximum atomic E-state index is 12.8. The lowest BCUT2D eigenvalue weighted by Crippen LogP contribution is -2.05. The van der Waals surface area contributed by atoms with Gasteiger partial charge in [-0.2, -0.15) is 0 Å². The van der Waals surface area contributed by atoms with E-state index in [-0.39, 0.29) is 6.61 Å². The summed E-state index contributed by atoms with van der Waals surface area (Å²) in [5.41, 5.74) is 5.51. The van der Waals surface area contributed by atoms with E-state index in [9.17, 15) is 9.90 Å². The smallest absolute Gasteiger partial charge is 0.137 e. The molecular weight excluding hydrogens is 394 g/mol. The number of pyridine rings is 1. The second-order valence-corrected chi connectivity index (χ2v) is 9.08. The maximum absolute atomic E-state index is 12.8. The first-order chi connectivity index (χ1) is 15.6. The number of aromatic nitrogens is 1. The fourth-order valence-electron chi connectivity index (χ4n) is 4.27. The number of Topliss-reactive ketones (excluding diaryl/α,β-unsaturated/α-hetero) is 1. The molecule has 0 amide bonds. The van der Waals surface area contributed by atoms with Crippen LogP contribution < -0.4 is 0 Å². The number of para-hydroxylation sites is 1. The van der Waals surface area contributed by atoms with Gasteiger partial charge in [-0.05, 0) is 53.5 Å². The van der Waals surface area contributed by atoms with Crippen molar-refractivity contribution in [1.29, 1.82) is 0 Å². The highest BCUT2D eigenvalue weighted by atomic mass is 16.3. The Morgan fingerprint density at radius 3 is 2.66 bits per heavy atom. The molecule has 3 heteroatoms. The van der Waals surface area contributed by atoms with Crippen LogP contribution in [-0.2, 0) is 17.6 Å². The SMILES string of the molecule is CCCCCCCC(=O)Cc1cnc2ccccc2c1-c1cccc(CCC(C)CO)c1. The lowest BCUT2D eigenvalue weighted by molar-refractivity contribution is -0.118. The summed E-state index contributed by atoms with van der Waals surface area (Å²) >= 11 is 0. The predicted molar refractivity (Wildman–Crippen MR) is 134 cm³/mol. The minimum Gasteiger partial charge on any atom is -0.396 e. The lowest BCUT2D eigenvalue weighted by atomic mass is 9.91. The van der Waals surface area contributed by atoms with E-state index in [2.05, 4.69) is 49.2 Å². The van der Waals surface area contributed by atoms with Gasteiger partial charge in [-0.3, -0.25) is 9.78 Å². The Bertz CT molecular complexity index is 1010. The summed E-state index contributed by atoms with van der Waals surface area (Å²) in [7, 11) is 0. The third kappa shape index (κ3) is 6.74. The Kier molecular flexibility index (Phi) is 9.43. The molecule has 3 rings (SSSR count). The van der Waals surface area contributed by atoms with Crippen molar-refractivity contribution in [2.75, 3.05) is 6.61 Å². The highest BCUT2D eigenvalue weighted by molar-refractivity contribution is 5.97. The third-order valence-electron chi connectivity index (χ3n) is 6.25. The normalized spacial score (nSPS) is 12.2. The summed E-state index contributed by atoms with van der Waals surface area (Å²) in [4.78, 5) is 17.4. The molecule has 0 saturated carbocycles. The van der Waals surface area contributed by atoms with E-state index in [4.69, 9.17) is 0 Å². The summed E-state index contributed by atoms with van der Waals surface area (Å²) in [5.74, 6) is 0.596. The monoisotopic (exact) mass is 431 g/mol. The molecule has 0 aliphatic carbocycles. The molecule has 0 radical (unpaired) electrons. The number of hydrogen-bond donors (Lipinski definition) is 1. The van der Waals surface area contributed by atoms with Crippen molar-refractivity contribution in [2.45, 2.75) is 71.6 Å². The topological polar surface area (TPSA) is 50.2 Å². The number of rotatable bonds is 13. The van der Waals surface area contributed by atoms with Gasteiger partial charge in [-0.1, -0.05) is 82.0 Å². The molecule has 1 N–H and O–H groups in total. The Hall–Kier alpha value is -2.52. The van der Waals surface area contributed by atoms with Crippen molar-refractivity contribution in [1.82, 2.24) is 4.98 Å². The highest BCUT2D eigenvalue weighted by Crippen LogP contribution is 2.32. The number of aliphatic hydroxyl groups is 1. The van der Waals surface area contributed by atoms with Crippen molar-refractivity contribution in [2.24, 2.45) is 5.92 Å². The number of fused-ring (bicyclic) bond motifs is 1. The molecule has 1 atom stereocenters. The van der Waals surface area contributed by atoms with Crippen LogP contribution in [0.3, 0.4) is 0 Å². The summed E-state index contributed by atoms with van der Waals surface area (Å²) in [5, 5.41) is 10.4. The second kappa shape index (κ2) is 12.5.